The van der Waals surface area contributed by atoms with Gasteiger partial charge in [0, 0.05) is 46.6 Å². The van der Waals surface area contributed by atoms with Gasteiger partial charge in [-0.25, -0.2) is 4.98 Å². The first kappa shape index (κ1) is 24.5. The molecule has 0 bridgehead atoms. The summed E-state index contributed by atoms with van der Waals surface area (Å²) in [6, 6.07) is 28.4. The molecule has 1 unspecified atom stereocenters. The average Bonchev–Trinajstić information content (AvgIpc) is 3.35. The molecule has 1 aliphatic rings. The summed E-state index contributed by atoms with van der Waals surface area (Å²) in [5, 5.41) is 6.87. The predicted molar refractivity (Wildman–Crippen MR) is 151 cm³/mol. The van der Waals surface area contributed by atoms with Crippen LogP contribution in [0.5, 0.6) is 11.6 Å². The van der Waals surface area contributed by atoms with Crippen LogP contribution >= 0.6 is 11.6 Å². The van der Waals surface area contributed by atoms with E-state index in [1.54, 1.807) is 66.9 Å². The largest absolute Gasteiger partial charge is 0.438 e. The van der Waals surface area contributed by atoms with Gasteiger partial charge in [0.15, 0.2) is 5.78 Å². The van der Waals surface area contributed by atoms with E-state index in [0.29, 0.717) is 28.6 Å². The van der Waals surface area contributed by atoms with E-state index in [-0.39, 0.29) is 23.1 Å². The van der Waals surface area contributed by atoms with Gasteiger partial charge in [-0.05, 0) is 84.4 Å². The number of ether oxygens (including phenoxy) is 1. The van der Waals surface area contributed by atoms with Crippen LogP contribution in [0.15, 0.2) is 109 Å². The number of carbonyl (C=O) groups excluding carboxylic acids is 2. The Morgan fingerprint density at radius 1 is 0.923 bits per heavy atom. The van der Waals surface area contributed by atoms with Crippen LogP contribution in [-0.2, 0) is 6.54 Å². The minimum absolute atomic E-state index is 0.0598. The van der Waals surface area contributed by atoms with Crippen molar-refractivity contribution in [1.82, 2.24) is 9.55 Å². The Morgan fingerprint density at radius 2 is 1.72 bits per heavy atom. The summed E-state index contributed by atoms with van der Waals surface area (Å²) in [6.45, 7) is 0.693. The van der Waals surface area contributed by atoms with Crippen LogP contribution in [0.4, 0.5) is 11.4 Å². The van der Waals surface area contributed by atoms with Crippen LogP contribution < -0.4 is 15.4 Å². The van der Waals surface area contributed by atoms with Crippen molar-refractivity contribution in [2.75, 3.05) is 10.6 Å². The number of carbonyl (C=O) groups is 2. The fourth-order valence-corrected chi connectivity index (χ4v) is 4.71. The highest BCUT2D eigenvalue weighted by atomic mass is 35.5. The van der Waals surface area contributed by atoms with E-state index in [1.165, 1.54) is 0 Å². The van der Waals surface area contributed by atoms with Crippen molar-refractivity contribution in [2.45, 2.75) is 12.6 Å². The van der Waals surface area contributed by atoms with Crippen LogP contribution in [0, 0.1) is 0 Å². The molecule has 7 nitrogen and oxygen atoms in total. The number of aromatic nitrogens is 2. The number of nitrogens with one attached hydrogen (secondary N) is 2. The van der Waals surface area contributed by atoms with Gasteiger partial charge in [-0.15, -0.1) is 0 Å². The smallest absolute Gasteiger partial charge is 0.261 e. The third-order valence-corrected chi connectivity index (χ3v) is 6.80. The molecule has 0 saturated heterocycles. The zero-order valence-corrected chi connectivity index (χ0v) is 21.4. The quantitative estimate of drug-likeness (QED) is 0.230. The first-order valence-corrected chi connectivity index (χ1v) is 12.8. The van der Waals surface area contributed by atoms with E-state index in [4.69, 9.17) is 16.3 Å². The maximum atomic E-state index is 13.6. The maximum Gasteiger partial charge on any atom is 0.261 e. The number of hydrogen-bond donors (Lipinski definition) is 2. The number of benzene rings is 3. The Morgan fingerprint density at radius 3 is 2.54 bits per heavy atom. The molecule has 6 rings (SSSR count). The minimum Gasteiger partial charge on any atom is -0.438 e. The van der Waals surface area contributed by atoms with E-state index in [9.17, 15) is 9.59 Å². The summed E-state index contributed by atoms with van der Waals surface area (Å²) >= 11 is 5.94. The van der Waals surface area contributed by atoms with E-state index < -0.39 is 6.04 Å². The Bertz CT molecular complexity index is 1660. The topological polar surface area (TPSA) is 85.3 Å². The number of hydrogen-bond acceptors (Lipinski definition) is 5. The molecular formula is C31H23ClN4O3. The number of ketones is 1. The number of halogens is 1. The third-order valence-electron chi connectivity index (χ3n) is 6.55. The number of para-hydroxylation sites is 1. The van der Waals surface area contributed by atoms with Gasteiger partial charge in [-0.1, -0.05) is 29.8 Å². The number of nitrogens with zero attached hydrogens (tertiary/aromatic N) is 2. The SMILES string of the molecule is O=C(Nc1ccc(C(=O)C2Nc3ccccc3Cn3cccc32)cc1)c1cccnc1Oc1ccc(Cl)cc1. The molecule has 0 aliphatic carbocycles. The lowest BCUT2D eigenvalue weighted by Crippen LogP contribution is -2.22. The molecule has 192 valence electrons. The number of pyridine rings is 1. The molecule has 5 aromatic rings. The zero-order valence-electron chi connectivity index (χ0n) is 20.7. The average molecular weight is 535 g/mol. The molecule has 2 aromatic heterocycles. The lowest BCUT2D eigenvalue weighted by molar-refractivity contribution is 0.0966. The Balaban J connectivity index is 1.19. The number of amides is 1. The zero-order chi connectivity index (χ0) is 26.8. The van der Waals surface area contributed by atoms with Crippen LogP contribution in [0.1, 0.15) is 38.0 Å². The lowest BCUT2D eigenvalue weighted by atomic mass is 10.0. The molecule has 2 N–H and O–H groups in total. The summed E-state index contributed by atoms with van der Waals surface area (Å²) in [4.78, 5) is 30.9. The standard InChI is InChI=1S/C31H23ClN4O3/c32-22-11-15-24(16-12-22)39-31-25(6-3-17-33-31)30(38)34-23-13-9-20(10-14-23)29(37)28-27-8-4-18-36(27)19-21-5-1-2-7-26(21)35-28/h1-18,28,35H,19H2,(H,34,38). The summed E-state index contributed by atoms with van der Waals surface area (Å²) in [6.07, 6.45) is 3.54. The van der Waals surface area contributed by atoms with Crippen molar-refractivity contribution >= 4 is 34.7 Å². The van der Waals surface area contributed by atoms with E-state index in [1.807, 2.05) is 36.5 Å². The molecule has 0 fully saturated rings. The van der Waals surface area contributed by atoms with Gasteiger partial charge in [0.05, 0.1) is 0 Å². The minimum atomic E-state index is -0.535. The summed E-state index contributed by atoms with van der Waals surface area (Å²) < 4.78 is 7.91. The van der Waals surface area contributed by atoms with Crippen LogP contribution in [0.3, 0.4) is 0 Å². The normalized spacial score (nSPS) is 13.8. The van der Waals surface area contributed by atoms with Gasteiger partial charge < -0.3 is 19.9 Å². The van der Waals surface area contributed by atoms with Gasteiger partial charge in [0.2, 0.25) is 5.88 Å². The summed E-state index contributed by atoms with van der Waals surface area (Å²) in [7, 11) is 0. The Labute approximate surface area is 230 Å². The van der Waals surface area contributed by atoms with Crippen molar-refractivity contribution in [1.29, 1.82) is 0 Å². The van der Waals surface area contributed by atoms with Crippen molar-refractivity contribution in [3.8, 4) is 11.6 Å². The monoisotopic (exact) mass is 534 g/mol. The fraction of sp³-hybridized carbons (Fsp3) is 0.0645. The highest BCUT2D eigenvalue weighted by Crippen LogP contribution is 2.31. The molecule has 1 aliphatic heterocycles. The predicted octanol–water partition coefficient (Wildman–Crippen LogP) is 6.98. The second-order valence-corrected chi connectivity index (χ2v) is 9.54. The van der Waals surface area contributed by atoms with Gasteiger partial charge in [0.1, 0.15) is 17.4 Å². The van der Waals surface area contributed by atoms with Gasteiger partial charge >= 0.3 is 0 Å². The number of anilines is 2. The molecule has 1 atom stereocenters. The van der Waals surface area contributed by atoms with Crippen molar-refractivity contribution in [2.24, 2.45) is 0 Å². The van der Waals surface area contributed by atoms with Crippen molar-refractivity contribution in [3.63, 3.8) is 0 Å². The molecule has 8 heteroatoms. The lowest BCUT2D eigenvalue weighted by Gasteiger charge is -2.18. The highest BCUT2D eigenvalue weighted by molar-refractivity contribution is 6.30. The van der Waals surface area contributed by atoms with Crippen LogP contribution in [-0.4, -0.2) is 21.2 Å². The van der Waals surface area contributed by atoms with E-state index in [0.717, 1.165) is 16.9 Å². The van der Waals surface area contributed by atoms with Crippen molar-refractivity contribution < 1.29 is 14.3 Å². The second-order valence-electron chi connectivity index (χ2n) is 9.10. The summed E-state index contributed by atoms with van der Waals surface area (Å²) in [5.74, 6) is 0.240. The molecule has 3 heterocycles. The van der Waals surface area contributed by atoms with Crippen LogP contribution in [0.2, 0.25) is 5.02 Å². The fourth-order valence-electron chi connectivity index (χ4n) is 4.59. The first-order chi connectivity index (χ1) is 19.0. The Hall–Kier alpha value is -4.88. The maximum absolute atomic E-state index is 13.6. The van der Waals surface area contributed by atoms with Gasteiger partial charge in [-0.3, -0.25) is 9.59 Å². The third kappa shape index (κ3) is 5.12. The van der Waals surface area contributed by atoms with E-state index >= 15 is 0 Å². The van der Waals surface area contributed by atoms with E-state index in [2.05, 4.69) is 26.3 Å². The van der Waals surface area contributed by atoms with Gasteiger partial charge in [-0.2, -0.15) is 0 Å². The Kier molecular flexibility index (Phi) is 6.57. The molecule has 0 saturated carbocycles. The summed E-state index contributed by atoms with van der Waals surface area (Å²) in [5.41, 5.74) is 4.31. The molecule has 0 spiro atoms. The molecule has 3 aromatic carbocycles. The van der Waals surface area contributed by atoms with Gasteiger partial charge in [0.25, 0.3) is 5.91 Å². The first-order valence-electron chi connectivity index (χ1n) is 12.4. The molecular weight excluding hydrogens is 512 g/mol. The van der Waals surface area contributed by atoms with Crippen molar-refractivity contribution in [3.05, 3.63) is 137 Å². The highest BCUT2D eigenvalue weighted by Gasteiger charge is 2.28. The number of rotatable bonds is 6. The number of Topliss-reactive ketones (excluding diaryl/α,β-unsaturated/α-hetero) is 1. The molecule has 1 amide bonds. The van der Waals surface area contributed by atoms with Crippen LogP contribution in [0.25, 0.3) is 0 Å². The molecule has 39 heavy (non-hydrogen) atoms. The molecule has 0 radical (unpaired) electrons. The second kappa shape index (κ2) is 10.5. The number of fused-ring (bicyclic) bond motifs is 2.